The van der Waals surface area contributed by atoms with Crippen molar-refractivity contribution in [2.75, 3.05) is 7.11 Å². The molecule has 128 valence electrons. The van der Waals surface area contributed by atoms with Crippen LogP contribution in [0.1, 0.15) is 34.4 Å². The molecule has 5 heteroatoms. The van der Waals surface area contributed by atoms with Crippen LogP contribution in [0.3, 0.4) is 0 Å². The van der Waals surface area contributed by atoms with Crippen molar-refractivity contribution in [3.63, 3.8) is 0 Å². The third kappa shape index (κ3) is 3.15. The Balaban J connectivity index is 1.65. The lowest BCUT2D eigenvalue weighted by Gasteiger charge is -2.22. The smallest absolute Gasteiger partial charge is 0.223 e. The Hall–Kier alpha value is -2.66. The quantitative estimate of drug-likeness (QED) is 0.776. The fraction of sp³-hybridized carbons (Fsp3) is 0.300. The molecule has 0 aliphatic heterocycles. The van der Waals surface area contributed by atoms with Crippen LogP contribution in [0, 0.1) is 6.92 Å². The van der Waals surface area contributed by atoms with Gasteiger partial charge >= 0.3 is 0 Å². The molecular weight excluding hydrogens is 314 g/mol. The van der Waals surface area contributed by atoms with E-state index in [2.05, 4.69) is 39.7 Å². The van der Waals surface area contributed by atoms with Gasteiger partial charge in [0.05, 0.1) is 7.11 Å². The average molecular weight is 335 g/mol. The second-order valence-electron chi connectivity index (χ2n) is 6.39. The van der Waals surface area contributed by atoms with Crippen molar-refractivity contribution in [3.8, 4) is 5.75 Å². The summed E-state index contributed by atoms with van der Waals surface area (Å²) < 4.78 is 10.8. The van der Waals surface area contributed by atoms with Gasteiger partial charge < -0.3 is 9.26 Å². The third-order valence-electron chi connectivity index (χ3n) is 4.70. The predicted molar refractivity (Wildman–Crippen MR) is 94.6 cm³/mol. The Morgan fingerprint density at radius 1 is 1.08 bits per heavy atom. The number of aryl methyl sites for hydroxylation is 1. The van der Waals surface area contributed by atoms with Gasteiger partial charge in [-0.1, -0.05) is 47.6 Å². The van der Waals surface area contributed by atoms with Crippen LogP contribution >= 0.6 is 0 Å². The minimum Gasteiger partial charge on any atom is -0.496 e. The van der Waals surface area contributed by atoms with Gasteiger partial charge in [0.1, 0.15) is 11.8 Å². The van der Waals surface area contributed by atoms with Gasteiger partial charge in [-0.3, -0.25) is 5.32 Å². The molecule has 1 atom stereocenters. The number of para-hydroxylation sites is 1. The Bertz CT molecular complexity index is 850. The van der Waals surface area contributed by atoms with Crippen molar-refractivity contribution in [1.82, 2.24) is 15.5 Å². The first-order valence-corrected chi connectivity index (χ1v) is 8.50. The van der Waals surface area contributed by atoms with Gasteiger partial charge in [-0.25, -0.2) is 0 Å². The maximum absolute atomic E-state index is 5.55. The minimum atomic E-state index is -0.173. The number of ether oxygens (including phenoxy) is 1. The second kappa shape index (κ2) is 6.69. The monoisotopic (exact) mass is 335 g/mol. The molecular formula is C20H21N3O2. The molecule has 1 N–H and O–H groups in total. The van der Waals surface area contributed by atoms with Crippen molar-refractivity contribution in [1.29, 1.82) is 0 Å². The van der Waals surface area contributed by atoms with Gasteiger partial charge in [-0.15, -0.1) is 0 Å². The van der Waals surface area contributed by atoms with E-state index in [1.165, 1.54) is 11.1 Å². The van der Waals surface area contributed by atoms with E-state index in [0.717, 1.165) is 24.2 Å². The zero-order valence-electron chi connectivity index (χ0n) is 14.4. The number of hydrogen-bond acceptors (Lipinski definition) is 5. The summed E-state index contributed by atoms with van der Waals surface area (Å²) in [5.41, 5.74) is 3.83. The lowest BCUT2D eigenvalue weighted by atomic mass is 10.0. The normalized spacial score (nSPS) is 15.1. The number of nitrogens with zero attached hydrogens (tertiary/aromatic N) is 2. The van der Waals surface area contributed by atoms with Crippen LogP contribution < -0.4 is 10.1 Å². The average Bonchev–Trinajstić information content (AvgIpc) is 3.25. The summed E-state index contributed by atoms with van der Waals surface area (Å²) in [6.07, 6.45) is 2.00. The molecule has 1 heterocycles. The molecule has 2 aromatic carbocycles. The van der Waals surface area contributed by atoms with Crippen molar-refractivity contribution in [3.05, 3.63) is 76.9 Å². The minimum absolute atomic E-state index is 0.173. The van der Waals surface area contributed by atoms with Gasteiger partial charge in [-0.05, 0) is 30.0 Å². The summed E-state index contributed by atoms with van der Waals surface area (Å²) in [6.45, 7) is 1.81. The number of methoxy groups -OCH3 is 1. The maximum atomic E-state index is 5.55. The Morgan fingerprint density at radius 3 is 2.40 bits per heavy atom. The van der Waals surface area contributed by atoms with Crippen LogP contribution in [0.2, 0.25) is 0 Å². The summed E-state index contributed by atoms with van der Waals surface area (Å²) in [7, 11) is 1.68. The van der Waals surface area contributed by atoms with Crippen molar-refractivity contribution in [2.24, 2.45) is 0 Å². The van der Waals surface area contributed by atoms with E-state index in [1.807, 2.05) is 24.3 Å². The highest BCUT2D eigenvalue weighted by molar-refractivity contribution is 5.40. The molecule has 1 aliphatic rings. The molecule has 0 bridgehead atoms. The van der Waals surface area contributed by atoms with Gasteiger partial charge in [-0.2, -0.15) is 4.98 Å². The Labute approximate surface area is 147 Å². The summed E-state index contributed by atoms with van der Waals surface area (Å²) in [5, 5.41) is 7.87. The van der Waals surface area contributed by atoms with Crippen LogP contribution in [-0.4, -0.2) is 23.3 Å². The molecule has 3 aromatic rings. The lowest BCUT2D eigenvalue weighted by molar-refractivity contribution is 0.370. The molecule has 25 heavy (non-hydrogen) atoms. The number of nitrogens with one attached hydrogen (secondary N) is 1. The van der Waals surface area contributed by atoms with Crippen LogP contribution in [-0.2, 0) is 12.8 Å². The highest BCUT2D eigenvalue weighted by Crippen LogP contribution is 2.31. The SMILES string of the molecule is COc1ccccc1C(NC1Cc2ccccc2C1)c1noc(C)n1. The zero-order chi connectivity index (χ0) is 17.2. The standard InChI is InChI=1S/C20H21N3O2/c1-13-21-20(23-25-13)19(17-9-5-6-10-18(17)24-2)22-16-11-14-7-3-4-8-15(14)12-16/h3-10,16,19,22H,11-12H2,1-2H3. The number of benzene rings is 2. The van der Waals surface area contributed by atoms with Gasteiger partial charge in [0.2, 0.25) is 5.89 Å². The van der Waals surface area contributed by atoms with Gasteiger partial charge in [0.15, 0.2) is 5.82 Å². The van der Waals surface area contributed by atoms with Crippen LogP contribution in [0.25, 0.3) is 0 Å². The summed E-state index contributed by atoms with van der Waals surface area (Å²) in [6, 6.07) is 16.7. The fourth-order valence-corrected chi connectivity index (χ4v) is 3.55. The molecule has 0 saturated heterocycles. The second-order valence-corrected chi connectivity index (χ2v) is 6.39. The summed E-state index contributed by atoms with van der Waals surface area (Å²) in [4.78, 5) is 4.46. The van der Waals surface area contributed by atoms with Gasteiger partial charge in [0.25, 0.3) is 0 Å². The Kier molecular flexibility index (Phi) is 4.24. The van der Waals surface area contributed by atoms with E-state index in [0.29, 0.717) is 17.8 Å². The first-order valence-electron chi connectivity index (χ1n) is 8.50. The van der Waals surface area contributed by atoms with E-state index in [9.17, 15) is 0 Å². The molecule has 0 fully saturated rings. The molecule has 0 saturated carbocycles. The molecule has 5 nitrogen and oxygen atoms in total. The molecule has 0 spiro atoms. The number of hydrogen-bond donors (Lipinski definition) is 1. The van der Waals surface area contributed by atoms with Crippen molar-refractivity contribution < 1.29 is 9.26 Å². The van der Waals surface area contributed by atoms with Crippen LogP contribution in [0.15, 0.2) is 53.1 Å². The third-order valence-corrected chi connectivity index (χ3v) is 4.70. The lowest BCUT2D eigenvalue weighted by Crippen LogP contribution is -2.35. The molecule has 1 aromatic heterocycles. The van der Waals surface area contributed by atoms with E-state index < -0.39 is 0 Å². The highest BCUT2D eigenvalue weighted by Gasteiger charge is 2.29. The van der Waals surface area contributed by atoms with E-state index in [1.54, 1.807) is 14.0 Å². The highest BCUT2D eigenvalue weighted by atomic mass is 16.5. The fourth-order valence-electron chi connectivity index (χ4n) is 3.55. The topological polar surface area (TPSA) is 60.2 Å². The number of rotatable bonds is 5. The Morgan fingerprint density at radius 2 is 1.76 bits per heavy atom. The molecule has 0 radical (unpaired) electrons. The molecule has 1 aliphatic carbocycles. The maximum Gasteiger partial charge on any atom is 0.223 e. The molecule has 0 amide bonds. The number of fused-ring (bicyclic) bond motifs is 1. The molecule has 1 unspecified atom stereocenters. The first-order chi connectivity index (χ1) is 12.2. The first kappa shape index (κ1) is 15.8. The number of aromatic nitrogens is 2. The van der Waals surface area contributed by atoms with E-state index in [4.69, 9.17) is 9.26 Å². The largest absolute Gasteiger partial charge is 0.496 e. The van der Waals surface area contributed by atoms with Crippen LogP contribution in [0.4, 0.5) is 0 Å². The van der Waals surface area contributed by atoms with Crippen LogP contribution in [0.5, 0.6) is 5.75 Å². The molecule has 4 rings (SSSR count). The van der Waals surface area contributed by atoms with Gasteiger partial charge in [0, 0.05) is 18.5 Å². The van der Waals surface area contributed by atoms with Crippen molar-refractivity contribution in [2.45, 2.75) is 31.8 Å². The van der Waals surface area contributed by atoms with E-state index in [-0.39, 0.29) is 6.04 Å². The summed E-state index contributed by atoms with van der Waals surface area (Å²) >= 11 is 0. The summed E-state index contributed by atoms with van der Waals surface area (Å²) in [5.74, 6) is 2.02. The van der Waals surface area contributed by atoms with Crippen molar-refractivity contribution >= 4 is 0 Å². The van der Waals surface area contributed by atoms with E-state index >= 15 is 0 Å². The predicted octanol–water partition coefficient (Wildman–Crippen LogP) is 3.23. The zero-order valence-corrected chi connectivity index (χ0v) is 14.4.